The average molecular weight is 328 g/mol. The van der Waals surface area contributed by atoms with Crippen LogP contribution in [0.4, 0.5) is 4.39 Å². The second kappa shape index (κ2) is 6.36. The standard InChI is InChI=1S/C18H21FN4O/c1-2-13-10-14(24-22-13)11-23-8-4-3-5-17(23)18-20-15-7-6-12(19)9-16(15)21-18/h6-7,9-10,17H,2-5,8,11H2,1H3,(H,20,21)/t17-/m0/s1. The maximum Gasteiger partial charge on any atom is 0.150 e. The lowest BCUT2D eigenvalue weighted by molar-refractivity contribution is 0.121. The summed E-state index contributed by atoms with van der Waals surface area (Å²) in [6.07, 6.45) is 4.25. The zero-order chi connectivity index (χ0) is 16.5. The number of hydrogen-bond acceptors (Lipinski definition) is 4. The van der Waals surface area contributed by atoms with Crippen molar-refractivity contribution in [3.05, 3.63) is 47.4 Å². The molecule has 5 nitrogen and oxygen atoms in total. The number of halogens is 1. The highest BCUT2D eigenvalue weighted by Crippen LogP contribution is 2.32. The molecule has 1 aliphatic rings. The molecule has 1 aliphatic heterocycles. The molecule has 4 rings (SSSR count). The van der Waals surface area contributed by atoms with Crippen LogP contribution in [0.15, 0.2) is 28.8 Å². The van der Waals surface area contributed by atoms with Gasteiger partial charge in [-0.2, -0.15) is 0 Å². The third-order valence-electron chi connectivity index (χ3n) is 4.72. The Morgan fingerprint density at radius 3 is 3.08 bits per heavy atom. The number of aromatic nitrogens is 3. The second-order valence-electron chi connectivity index (χ2n) is 6.40. The number of hydrogen-bond donors (Lipinski definition) is 1. The van der Waals surface area contributed by atoms with Crippen molar-refractivity contribution in [3.63, 3.8) is 0 Å². The Morgan fingerprint density at radius 2 is 2.25 bits per heavy atom. The summed E-state index contributed by atoms with van der Waals surface area (Å²) in [6.45, 7) is 3.79. The maximum atomic E-state index is 13.4. The largest absolute Gasteiger partial charge is 0.360 e. The van der Waals surface area contributed by atoms with Crippen LogP contribution in [-0.2, 0) is 13.0 Å². The minimum Gasteiger partial charge on any atom is -0.360 e. The van der Waals surface area contributed by atoms with Crippen LogP contribution in [0.5, 0.6) is 0 Å². The molecule has 0 spiro atoms. The van der Waals surface area contributed by atoms with E-state index in [0.717, 1.165) is 54.2 Å². The van der Waals surface area contributed by atoms with E-state index in [4.69, 9.17) is 4.52 Å². The molecular formula is C18H21FN4O. The number of imidazole rings is 1. The summed E-state index contributed by atoms with van der Waals surface area (Å²) in [5, 5.41) is 4.08. The highest BCUT2D eigenvalue weighted by Gasteiger charge is 2.27. The van der Waals surface area contributed by atoms with Gasteiger partial charge in [0.15, 0.2) is 5.76 Å². The number of fused-ring (bicyclic) bond motifs is 1. The summed E-state index contributed by atoms with van der Waals surface area (Å²) in [7, 11) is 0. The number of piperidine rings is 1. The van der Waals surface area contributed by atoms with Crippen molar-refractivity contribution in [3.8, 4) is 0 Å². The van der Waals surface area contributed by atoms with Gasteiger partial charge in [-0.15, -0.1) is 0 Å². The Hall–Kier alpha value is -2.21. The number of nitrogens with one attached hydrogen (secondary N) is 1. The van der Waals surface area contributed by atoms with E-state index in [1.54, 1.807) is 6.07 Å². The number of aryl methyl sites for hydroxylation is 1. The lowest BCUT2D eigenvalue weighted by Gasteiger charge is -2.33. The van der Waals surface area contributed by atoms with E-state index >= 15 is 0 Å². The van der Waals surface area contributed by atoms with Gasteiger partial charge in [0, 0.05) is 6.07 Å². The van der Waals surface area contributed by atoms with E-state index in [1.807, 2.05) is 6.07 Å². The lowest BCUT2D eigenvalue weighted by Crippen LogP contribution is -2.33. The smallest absolute Gasteiger partial charge is 0.150 e. The predicted molar refractivity (Wildman–Crippen MR) is 88.9 cm³/mol. The van der Waals surface area contributed by atoms with Crippen LogP contribution in [0, 0.1) is 5.82 Å². The normalized spacial score (nSPS) is 19.2. The summed E-state index contributed by atoms with van der Waals surface area (Å²) in [6, 6.07) is 6.90. The van der Waals surface area contributed by atoms with Gasteiger partial charge in [0.25, 0.3) is 0 Å². The van der Waals surface area contributed by atoms with E-state index in [2.05, 4.69) is 26.9 Å². The van der Waals surface area contributed by atoms with Gasteiger partial charge in [-0.1, -0.05) is 18.5 Å². The van der Waals surface area contributed by atoms with E-state index < -0.39 is 0 Å². The molecule has 1 atom stereocenters. The van der Waals surface area contributed by atoms with Crippen molar-refractivity contribution < 1.29 is 8.91 Å². The number of aromatic amines is 1. The van der Waals surface area contributed by atoms with Crippen LogP contribution in [0.3, 0.4) is 0 Å². The SMILES string of the molecule is CCc1cc(CN2CCCC[C@H]2c2nc3ccc(F)cc3[nH]2)on1. The Labute approximate surface area is 139 Å². The zero-order valence-electron chi connectivity index (χ0n) is 13.8. The van der Waals surface area contributed by atoms with Crippen molar-refractivity contribution in [1.82, 2.24) is 20.0 Å². The number of nitrogens with zero attached hydrogens (tertiary/aromatic N) is 3. The maximum absolute atomic E-state index is 13.4. The lowest BCUT2D eigenvalue weighted by atomic mass is 10.0. The molecule has 0 saturated carbocycles. The molecule has 1 saturated heterocycles. The van der Waals surface area contributed by atoms with Gasteiger partial charge in [0.05, 0.1) is 29.3 Å². The number of benzene rings is 1. The summed E-state index contributed by atoms with van der Waals surface area (Å²) < 4.78 is 18.9. The Bertz CT molecular complexity index is 841. The molecule has 3 heterocycles. The Morgan fingerprint density at radius 1 is 1.33 bits per heavy atom. The van der Waals surface area contributed by atoms with Crippen molar-refractivity contribution in [2.24, 2.45) is 0 Å². The molecule has 6 heteroatoms. The van der Waals surface area contributed by atoms with Crippen LogP contribution < -0.4 is 0 Å². The molecule has 1 N–H and O–H groups in total. The van der Waals surface area contributed by atoms with E-state index in [0.29, 0.717) is 0 Å². The topological polar surface area (TPSA) is 58.0 Å². The minimum absolute atomic E-state index is 0.199. The second-order valence-corrected chi connectivity index (χ2v) is 6.40. The fourth-order valence-corrected chi connectivity index (χ4v) is 3.45. The first kappa shape index (κ1) is 15.3. The Kier molecular flexibility index (Phi) is 4.06. The van der Waals surface area contributed by atoms with Crippen molar-refractivity contribution in [2.45, 2.75) is 45.2 Å². The molecule has 0 unspecified atom stereocenters. The van der Waals surface area contributed by atoms with Crippen molar-refractivity contribution >= 4 is 11.0 Å². The van der Waals surface area contributed by atoms with E-state index in [-0.39, 0.29) is 11.9 Å². The quantitative estimate of drug-likeness (QED) is 0.787. The van der Waals surface area contributed by atoms with Crippen molar-refractivity contribution in [2.75, 3.05) is 6.54 Å². The molecule has 1 aromatic carbocycles. The minimum atomic E-state index is -0.244. The number of rotatable bonds is 4. The summed E-state index contributed by atoms with van der Waals surface area (Å²) in [5.41, 5.74) is 2.55. The molecule has 24 heavy (non-hydrogen) atoms. The fraction of sp³-hybridized carbons (Fsp3) is 0.444. The van der Waals surface area contributed by atoms with Gasteiger partial charge < -0.3 is 9.51 Å². The molecule has 0 aliphatic carbocycles. The number of likely N-dealkylation sites (tertiary alicyclic amines) is 1. The molecular weight excluding hydrogens is 307 g/mol. The van der Waals surface area contributed by atoms with Gasteiger partial charge in [0.2, 0.25) is 0 Å². The highest BCUT2D eigenvalue weighted by molar-refractivity contribution is 5.75. The molecule has 0 radical (unpaired) electrons. The summed E-state index contributed by atoms with van der Waals surface area (Å²) in [5.74, 6) is 1.55. The molecule has 0 amide bonds. The van der Waals surface area contributed by atoms with Crippen LogP contribution in [-0.4, -0.2) is 26.6 Å². The van der Waals surface area contributed by atoms with Crippen LogP contribution >= 0.6 is 0 Å². The monoisotopic (exact) mass is 328 g/mol. The van der Waals surface area contributed by atoms with Gasteiger partial charge in [0.1, 0.15) is 11.6 Å². The first-order chi connectivity index (χ1) is 11.7. The highest BCUT2D eigenvalue weighted by atomic mass is 19.1. The van der Waals surface area contributed by atoms with Crippen LogP contribution in [0.1, 0.15) is 49.5 Å². The van der Waals surface area contributed by atoms with Gasteiger partial charge in [-0.05, 0) is 44.0 Å². The van der Waals surface area contributed by atoms with E-state index in [9.17, 15) is 4.39 Å². The Balaban J connectivity index is 1.60. The third-order valence-corrected chi connectivity index (χ3v) is 4.72. The number of H-pyrrole nitrogens is 1. The zero-order valence-corrected chi connectivity index (χ0v) is 13.8. The van der Waals surface area contributed by atoms with Gasteiger partial charge in [-0.25, -0.2) is 9.37 Å². The molecule has 1 fully saturated rings. The average Bonchev–Trinajstić information content (AvgIpc) is 3.21. The molecule has 2 aromatic heterocycles. The first-order valence-corrected chi connectivity index (χ1v) is 8.56. The van der Waals surface area contributed by atoms with Crippen LogP contribution in [0.2, 0.25) is 0 Å². The first-order valence-electron chi connectivity index (χ1n) is 8.56. The summed E-state index contributed by atoms with van der Waals surface area (Å²) in [4.78, 5) is 10.4. The molecule has 0 bridgehead atoms. The third kappa shape index (κ3) is 2.94. The molecule has 126 valence electrons. The van der Waals surface area contributed by atoms with Crippen molar-refractivity contribution in [1.29, 1.82) is 0 Å². The fourth-order valence-electron chi connectivity index (χ4n) is 3.45. The van der Waals surface area contributed by atoms with E-state index in [1.165, 1.54) is 25.0 Å². The van der Waals surface area contributed by atoms with Gasteiger partial charge >= 0.3 is 0 Å². The summed E-state index contributed by atoms with van der Waals surface area (Å²) >= 11 is 0. The van der Waals surface area contributed by atoms with Crippen LogP contribution in [0.25, 0.3) is 11.0 Å². The van der Waals surface area contributed by atoms with Gasteiger partial charge in [-0.3, -0.25) is 4.90 Å². The predicted octanol–water partition coefficient (Wildman–Crippen LogP) is 3.98. The molecule has 3 aromatic rings.